The minimum absolute atomic E-state index is 0.0879. The number of benzene rings is 2. The number of thiazole rings is 1. The molecule has 0 bridgehead atoms. The van der Waals surface area contributed by atoms with Gasteiger partial charge in [-0.2, -0.15) is 0 Å². The summed E-state index contributed by atoms with van der Waals surface area (Å²) in [6.45, 7) is 2.81. The Hall–Kier alpha value is -2.85. The number of rotatable bonds is 7. The maximum Gasteiger partial charge on any atom is 0.203 e. The van der Waals surface area contributed by atoms with Gasteiger partial charge >= 0.3 is 0 Å². The number of aromatic nitrogens is 1. The summed E-state index contributed by atoms with van der Waals surface area (Å²) in [5.74, 6) is 1.07. The number of piperidine rings is 1. The van der Waals surface area contributed by atoms with Crippen LogP contribution in [0.1, 0.15) is 18.4 Å². The van der Waals surface area contributed by atoms with Crippen LogP contribution in [0.2, 0.25) is 0 Å². The highest BCUT2D eigenvalue weighted by atomic mass is 32.2. The van der Waals surface area contributed by atoms with Crippen LogP contribution in [-0.2, 0) is 9.84 Å². The van der Waals surface area contributed by atoms with Crippen LogP contribution in [0.5, 0.6) is 17.2 Å². The molecule has 0 radical (unpaired) electrons. The minimum Gasteiger partial charge on any atom is -0.493 e. The van der Waals surface area contributed by atoms with Gasteiger partial charge in [0.05, 0.1) is 37.2 Å². The fraction of sp³-hybridized carbons (Fsp3) is 0.375. The van der Waals surface area contributed by atoms with Gasteiger partial charge in [0.2, 0.25) is 5.75 Å². The van der Waals surface area contributed by atoms with Gasteiger partial charge in [-0.15, -0.1) is 11.3 Å². The number of hydrogen-bond acceptors (Lipinski definition) is 8. The van der Waals surface area contributed by atoms with Crippen molar-refractivity contribution in [2.45, 2.75) is 29.9 Å². The Morgan fingerprint density at radius 1 is 1.03 bits per heavy atom. The smallest absolute Gasteiger partial charge is 0.203 e. The van der Waals surface area contributed by atoms with E-state index in [1.54, 1.807) is 28.3 Å². The predicted octanol–water partition coefficient (Wildman–Crippen LogP) is 4.73. The second-order valence-electron chi connectivity index (χ2n) is 8.07. The lowest BCUT2D eigenvalue weighted by Crippen LogP contribution is -2.39. The van der Waals surface area contributed by atoms with Crippen LogP contribution in [0.4, 0.5) is 9.52 Å². The molecule has 0 aliphatic carbocycles. The molecule has 0 N–H and O–H groups in total. The van der Waals surface area contributed by atoms with E-state index >= 15 is 0 Å². The monoisotopic (exact) mass is 506 g/mol. The van der Waals surface area contributed by atoms with Crippen LogP contribution in [0.25, 0.3) is 11.3 Å². The van der Waals surface area contributed by atoms with Gasteiger partial charge in [0.25, 0.3) is 0 Å². The van der Waals surface area contributed by atoms with Crippen molar-refractivity contribution >= 4 is 26.3 Å². The summed E-state index contributed by atoms with van der Waals surface area (Å²) >= 11 is 1.50. The molecular weight excluding hydrogens is 479 g/mol. The normalized spacial score (nSPS) is 14.8. The molecule has 1 fully saturated rings. The van der Waals surface area contributed by atoms with Gasteiger partial charge in [-0.3, -0.25) is 0 Å². The van der Waals surface area contributed by atoms with E-state index in [0.29, 0.717) is 48.7 Å². The highest BCUT2D eigenvalue weighted by Crippen LogP contribution is 2.42. The lowest BCUT2D eigenvalue weighted by atomic mass is 10.1. The first-order valence-corrected chi connectivity index (χ1v) is 13.2. The Bertz CT molecular complexity index is 1260. The second-order valence-corrected chi connectivity index (χ2v) is 11.1. The first-order valence-electron chi connectivity index (χ1n) is 10.8. The largest absolute Gasteiger partial charge is 0.493 e. The average molecular weight is 507 g/mol. The van der Waals surface area contributed by atoms with Gasteiger partial charge in [-0.05, 0) is 49.6 Å². The summed E-state index contributed by atoms with van der Waals surface area (Å²) in [4.78, 5) is 6.96. The van der Waals surface area contributed by atoms with Gasteiger partial charge in [-0.25, -0.2) is 17.8 Å². The van der Waals surface area contributed by atoms with Crippen LogP contribution in [0.3, 0.4) is 0 Å². The molecule has 3 aromatic rings. The first kappa shape index (κ1) is 24.3. The van der Waals surface area contributed by atoms with Crippen LogP contribution >= 0.6 is 11.3 Å². The maximum absolute atomic E-state index is 13.7. The molecule has 0 spiro atoms. The molecule has 34 heavy (non-hydrogen) atoms. The maximum atomic E-state index is 13.7. The Morgan fingerprint density at radius 2 is 1.68 bits per heavy atom. The van der Waals surface area contributed by atoms with Gasteiger partial charge in [0.15, 0.2) is 26.5 Å². The van der Waals surface area contributed by atoms with Crippen molar-refractivity contribution in [3.63, 3.8) is 0 Å². The van der Waals surface area contributed by atoms with Gasteiger partial charge in [0.1, 0.15) is 5.82 Å². The Morgan fingerprint density at radius 3 is 2.26 bits per heavy atom. The molecule has 1 aliphatic heterocycles. The van der Waals surface area contributed by atoms with Crippen molar-refractivity contribution in [2.75, 3.05) is 39.3 Å². The second kappa shape index (κ2) is 9.79. The van der Waals surface area contributed by atoms with Crippen molar-refractivity contribution in [3.8, 4) is 28.5 Å². The van der Waals surface area contributed by atoms with Gasteiger partial charge in [0, 0.05) is 24.0 Å². The third-order valence-electron chi connectivity index (χ3n) is 6.06. The fourth-order valence-corrected chi connectivity index (χ4v) is 7.06. The lowest BCUT2D eigenvalue weighted by molar-refractivity contribution is 0.324. The van der Waals surface area contributed by atoms with Crippen molar-refractivity contribution < 1.29 is 27.0 Å². The van der Waals surface area contributed by atoms with Crippen molar-refractivity contribution in [1.29, 1.82) is 0 Å². The summed E-state index contributed by atoms with van der Waals surface area (Å²) in [6.07, 6.45) is 0.911. The molecule has 0 amide bonds. The van der Waals surface area contributed by atoms with E-state index in [4.69, 9.17) is 19.2 Å². The Labute approximate surface area is 203 Å². The van der Waals surface area contributed by atoms with Gasteiger partial charge in [-0.1, -0.05) is 6.07 Å². The zero-order chi connectivity index (χ0) is 24.5. The van der Waals surface area contributed by atoms with Crippen LogP contribution in [-0.4, -0.2) is 53.1 Å². The molecule has 1 aromatic heterocycles. The third-order valence-corrected chi connectivity index (χ3v) is 9.36. The third kappa shape index (κ3) is 4.56. The molecule has 2 aromatic carbocycles. The highest BCUT2D eigenvalue weighted by molar-refractivity contribution is 7.92. The molecule has 7 nitrogen and oxygen atoms in total. The zero-order valence-corrected chi connectivity index (χ0v) is 21.1. The molecular formula is C24H27FN2O5S2. The zero-order valence-electron chi connectivity index (χ0n) is 19.5. The molecule has 4 rings (SSSR count). The number of halogens is 1. The number of hydrogen-bond donors (Lipinski definition) is 0. The minimum atomic E-state index is -3.60. The van der Waals surface area contributed by atoms with Crippen molar-refractivity contribution in [2.24, 2.45) is 0 Å². The van der Waals surface area contributed by atoms with Crippen molar-refractivity contribution in [3.05, 3.63) is 47.1 Å². The summed E-state index contributed by atoms with van der Waals surface area (Å²) in [6, 6.07) is 7.62. The van der Waals surface area contributed by atoms with E-state index < -0.39 is 20.9 Å². The van der Waals surface area contributed by atoms with Crippen molar-refractivity contribution in [1.82, 2.24) is 4.98 Å². The number of sulfone groups is 1. The number of ether oxygens (including phenoxy) is 3. The summed E-state index contributed by atoms with van der Waals surface area (Å²) in [7, 11) is 1.09. The predicted molar refractivity (Wildman–Crippen MR) is 131 cm³/mol. The number of anilines is 1. The van der Waals surface area contributed by atoms with Crippen LogP contribution in [0, 0.1) is 12.7 Å². The van der Waals surface area contributed by atoms with E-state index in [1.165, 1.54) is 23.5 Å². The summed E-state index contributed by atoms with van der Waals surface area (Å²) in [5, 5.41) is 2.23. The Balaban J connectivity index is 1.51. The van der Waals surface area contributed by atoms with Crippen LogP contribution < -0.4 is 19.1 Å². The van der Waals surface area contributed by atoms with E-state index in [1.807, 2.05) is 17.5 Å². The molecule has 2 heterocycles. The molecule has 182 valence electrons. The molecule has 0 unspecified atom stereocenters. The number of aryl methyl sites for hydroxylation is 1. The molecule has 10 heteroatoms. The highest BCUT2D eigenvalue weighted by Gasteiger charge is 2.33. The van der Waals surface area contributed by atoms with Crippen LogP contribution in [0.15, 0.2) is 40.6 Å². The molecule has 0 saturated carbocycles. The number of methoxy groups -OCH3 is 3. The molecule has 1 saturated heterocycles. The van der Waals surface area contributed by atoms with E-state index in [2.05, 4.69) is 4.90 Å². The summed E-state index contributed by atoms with van der Waals surface area (Å²) in [5.41, 5.74) is 2.17. The number of nitrogens with zero attached hydrogens (tertiary/aromatic N) is 2. The SMILES string of the molecule is COc1cc(-c2csc(N3CCC(S(=O)(=O)c4cc(F)ccc4C)CC3)n2)cc(OC)c1OC. The first-order chi connectivity index (χ1) is 16.3. The summed E-state index contributed by atoms with van der Waals surface area (Å²) < 4.78 is 56.2. The standard InChI is InChI=1S/C24H27FN2O5S2/c1-15-5-6-17(25)13-22(15)34(28,29)18-7-9-27(10-8-18)24-26-19(14-33-24)16-11-20(30-2)23(32-4)21(12-16)31-3/h5-6,11-14,18H,7-10H2,1-4H3. The topological polar surface area (TPSA) is 78.0 Å². The van der Waals surface area contributed by atoms with E-state index in [9.17, 15) is 12.8 Å². The Kier molecular flexibility index (Phi) is 6.99. The fourth-order valence-electron chi connectivity index (χ4n) is 4.19. The molecule has 0 atom stereocenters. The average Bonchev–Trinajstić information content (AvgIpc) is 3.35. The van der Waals surface area contributed by atoms with Gasteiger partial charge < -0.3 is 19.1 Å². The lowest BCUT2D eigenvalue weighted by Gasteiger charge is -2.31. The van der Waals surface area contributed by atoms with E-state index in [0.717, 1.165) is 22.5 Å². The van der Waals surface area contributed by atoms with E-state index in [-0.39, 0.29) is 4.90 Å². The quantitative estimate of drug-likeness (QED) is 0.459. The molecule has 1 aliphatic rings.